The van der Waals surface area contributed by atoms with E-state index in [-0.39, 0.29) is 11.7 Å². The number of hydrogen-bond donors (Lipinski definition) is 2. The molecule has 0 spiro atoms. The molecule has 1 amide bonds. The number of amides is 1. The maximum Gasteiger partial charge on any atom is 0.234 e. The molecule has 3 rings (SSSR count). The van der Waals surface area contributed by atoms with Crippen LogP contribution in [0.5, 0.6) is 0 Å². The second-order valence-electron chi connectivity index (χ2n) is 6.52. The normalized spacial score (nSPS) is 25.0. The average molecular weight is 305 g/mol. The molecule has 0 aliphatic carbocycles. The van der Waals surface area contributed by atoms with Gasteiger partial charge in [0.15, 0.2) is 0 Å². The summed E-state index contributed by atoms with van der Waals surface area (Å²) in [4.78, 5) is 14.3. The first kappa shape index (κ1) is 15.4. The Hall–Kier alpha value is -1.46. The average Bonchev–Trinajstić information content (AvgIpc) is 2.83. The fourth-order valence-electron chi connectivity index (χ4n) is 3.36. The summed E-state index contributed by atoms with van der Waals surface area (Å²) in [6.45, 7) is 4.47. The van der Waals surface area contributed by atoms with Crippen LogP contribution >= 0.6 is 0 Å². The number of fused-ring (bicyclic) bond motifs is 2. The summed E-state index contributed by atoms with van der Waals surface area (Å²) in [7, 11) is 0. The number of likely N-dealkylation sites (tertiary alicyclic amines) is 1. The zero-order valence-corrected chi connectivity index (χ0v) is 13.1. The van der Waals surface area contributed by atoms with Gasteiger partial charge in [0.2, 0.25) is 5.91 Å². The first-order valence-electron chi connectivity index (χ1n) is 8.10. The highest BCUT2D eigenvalue weighted by Crippen LogP contribution is 2.20. The minimum Gasteiger partial charge on any atom is -0.351 e. The Balaban J connectivity index is 1.47. The molecule has 2 unspecified atom stereocenters. The van der Waals surface area contributed by atoms with E-state index < -0.39 is 0 Å². The molecule has 2 saturated heterocycles. The van der Waals surface area contributed by atoms with Gasteiger partial charge < -0.3 is 10.6 Å². The lowest BCUT2D eigenvalue weighted by Crippen LogP contribution is -2.41. The molecule has 2 N–H and O–H groups in total. The zero-order chi connectivity index (χ0) is 15.5. The molecule has 2 atom stereocenters. The molecule has 4 nitrogen and oxygen atoms in total. The third kappa shape index (κ3) is 3.84. The fraction of sp³-hybridized carbons (Fsp3) is 0.588. The number of hydrogen-bond acceptors (Lipinski definition) is 3. The largest absolute Gasteiger partial charge is 0.351 e. The van der Waals surface area contributed by atoms with Gasteiger partial charge in [-0.3, -0.25) is 9.69 Å². The Morgan fingerprint density at radius 3 is 3.00 bits per heavy atom. The Kier molecular flexibility index (Phi) is 4.74. The van der Waals surface area contributed by atoms with E-state index in [1.165, 1.54) is 18.9 Å². The minimum absolute atomic E-state index is 0.0127. The number of rotatable bonds is 4. The summed E-state index contributed by atoms with van der Waals surface area (Å²) in [6, 6.07) is 6.26. The lowest BCUT2D eigenvalue weighted by atomic mass is 10.1. The van der Waals surface area contributed by atoms with Crippen molar-refractivity contribution in [1.29, 1.82) is 0 Å². The fourth-order valence-corrected chi connectivity index (χ4v) is 3.36. The quantitative estimate of drug-likeness (QED) is 0.888. The Labute approximate surface area is 131 Å². The standard InChI is InChI=1S/C17H24FN3O/c1-12-2-3-13(8-16(12)18)9-19-17(22)11-21-7-6-14-4-5-15(10-21)20-14/h2-3,8,14-15,20H,4-7,9-11H2,1H3,(H,19,22). The van der Waals surface area contributed by atoms with Crippen molar-refractivity contribution in [3.05, 3.63) is 35.1 Å². The number of halogens is 1. The minimum atomic E-state index is -0.221. The van der Waals surface area contributed by atoms with E-state index in [0.29, 0.717) is 30.7 Å². The molecule has 5 heteroatoms. The summed E-state index contributed by atoms with van der Waals surface area (Å²) < 4.78 is 13.5. The Morgan fingerprint density at radius 1 is 1.36 bits per heavy atom. The van der Waals surface area contributed by atoms with Gasteiger partial charge in [0.1, 0.15) is 5.82 Å². The molecule has 1 aromatic rings. The number of aryl methyl sites for hydroxylation is 1. The van der Waals surface area contributed by atoms with Crippen molar-refractivity contribution in [3.8, 4) is 0 Å². The monoisotopic (exact) mass is 305 g/mol. The predicted molar refractivity (Wildman–Crippen MR) is 84.0 cm³/mol. The molecule has 1 aromatic carbocycles. The van der Waals surface area contributed by atoms with E-state index in [1.54, 1.807) is 13.0 Å². The summed E-state index contributed by atoms with van der Waals surface area (Å²) in [5.74, 6) is -0.208. The first-order chi connectivity index (χ1) is 10.6. The summed E-state index contributed by atoms with van der Waals surface area (Å²) in [5.41, 5.74) is 1.43. The van der Waals surface area contributed by atoms with Gasteiger partial charge in [0.05, 0.1) is 6.54 Å². The van der Waals surface area contributed by atoms with Gasteiger partial charge in [-0.15, -0.1) is 0 Å². The molecule has 0 radical (unpaired) electrons. The lowest BCUT2D eigenvalue weighted by molar-refractivity contribution is -0.122. The number of benzene rings is 1. The second-order valence-corrected chi connectivity index (χ2v) is 6.52. The van der Waals surface area contributed by atoms with Gasteiger partial charge in [0, 0.05) is 31.7 Å². The van der Waals surface area contributed by atoms with Crippen LogP contribution in [0.15, 0.2) is 18.2 Å². The van der Waals surface area contributed by atoms with Crippen molar-refractivity contribution in [2.75, 3.05) is 19.6 Å². The smallest absolute Gasteiger partial charge is 0.234 e. The van der Waals surface area contributed by atoms with Gasteiger partial charge in [-0.1, -0.05) is 12.1 Å². The molecule has 2 bridgehead atoms. The van der Waals surface area contributed by atoms with Crippen molar-refractivity contribution in [2.45, 2.75) is 44.8 Å². The van der Waals surface area contributed by atoms with Gasteiger partial charge >= 0.3 is 0 Å². The van der Waals surface area contributed by atoms with E-state index in [2.05, 4.69) is 15.5 Å². The highest BCUT2D eigenvalue weighted by molar-refractivity contribution is 5.78. The molecule has 2 aliphatic rings. The first-order valence-corrected chi connectivity index (χ1v) is 8.10. The second kappa shape index (κ2) is 6.75. The van der Waals surface area contributed by atoms with Gasteiger partial charge in [-0.25, -0.2) is 4.39 Å². The third-order valence-corrected chi connectivity index (χ3v) is 4.70. The van der Waals surface area contributed by atoms with E-state index >= 15 is 0 Å². The van der Waals surface area contributed by atoms with E-state index in [4.69, 9.17) is 0 Å². The topological polar surface area (TPSA) is 44.4 Å². The highest BCUT2D eigenvalue weighted by Gasteiger charge is 2.29. The number of carbonyl (C=O) groups excluding carboxylic acids is 1. The number of carbonyl (C=O) groups is 1. The molecule has 120 valence electrons. The van der Waals surface area contributed by atoms with Gasteiger partial charge in [-0.05, 0) is 43.4 Å². The van der Waals surface area contributed by atoms with Crippen molar-refractivity contribution >= 4 is 5.91 Å². The van der Waals surface area contributed by atoms with E-state index in [1.807, 2.05) is 6.07 Å². The molecule has 0 saturated carbocycles. The zero-order valence-electron chi connectivity index (χ0n) is 13.1. The predicted octanol–water partition coefficient (Wildman–Crippen LogP) is 1.58. The number of nitrogens with one attached hydrogen (secondary N) is 2. The molecule has 2 aliphatic heterocycles. The highest BCUT2D eigenvalue weighted by atomic mass is 19.1. The van der Waals surface area contributed by atoms with Gasteiger partial charge in [-0.2, -0.15) is 0 Å². The molecule has 22 heavy (non-hydrogen) atoms. The van der Waals surface area contributed by atoms with Gasteiger partial charge in [0.25, 0.3) is 0 Å². The lowest BCUT2D eigenvalue weighted by Gasteiger charge is -2.23. The molecule has 0 aromatic heterocycles. The van der Waals surface area contributed by atoms with E-state index in [9.17, 15) is 9.18 Å². The maximum absolute atomic E-state index is 13.5. The van der Waals surface area contributed by atoms with Crippen LogP contribution in [0.3, 0.4) is 0 Å². The summed E-state index contributed by atoms with van der Waals surface area (Å²) in [6.07, 6.45) is 3.60. The van der Waals surface area contributed by atoms with Crippen LogP contribution in [0.2, 0.25) is 0 Å². The van der Waals surface area contributed by atoms with Crippen LogP contribution < -0.4 is 10.6 Å². The molecule has 2 heterocycles. The molecular formula is C17H24FN3O. The molecule has 2 fully saturated rings. The van der Waals surface area contributed by atoms with Crippen LogP contribution in [0, 0.1) is 12.7 Å². The SMILES string of the molecule is Cc1ccc(CNC(=O)CN2CCC3CCC(C2)N3)cc1F. The summed E-state index contributed by atoms with van der Waals surface area (Å²) >= 11 is 0. The van der Waals surface area contributed by atoms with Crippen LogP contribution in [-0.2, 0) is 11.3 Å². The van der Waals surface area contributed by atoms with E-state index in [0.717, 1.165) is 25.1 Å². The summed E-state index contributed by atoms with van der Waals surface area (Å²) in [5, 5.41) is 6.50. The third-order valence-electron chi connectivity index (χ3n) is 4.70. The maximum atomic E-state index is 13.5. The number of nitrogens with zero attached hydrogens (tertiary/aromatic N) is 1. The Morgan fingerprint density at radius 2 is 2.18 bits per heavy atom. The van der Waals surface area contributed by atoms with Crippen molar-refractivity contribution in [3.63, 3.8) is 0 Å². The van der Waals surface area contributed by atoms with Crippen LogP contribution in [0.4, 0.5) is 4.39 Å². The van der Waals surface area contributed by atoms with Crippen molar-refractivity contribution < 1.29 is 9.18 Å². The van der Waals surface area contributed by atoms with Crippen LogP contribution in [-0.4, -0.2) is 42.5 Å². The van der Waals surface area contributed by atoms with Crippen molar-refractivity contribution in [1.82, 2.24) is 15.5 Å². The van der Waals surface area contributed by atoms with Crippen molar-refractivity contribution in [2.24, 2.45) is 0 Å². The van der Waals surface area contributed by atoms with Crippen LogP contribution in [0.25, 0.3) is 0 Å². The van der Waals surface area contributed by atoms with Crippen LogP contribution in [0.1, 0.15) is 30.4 Å². The Bertz CT molecular complexity index is 549. The molecular weight excluding hydrogens is 281 g/mol.